The molecule has 114 valence electrons. The van der Waals surface area contributed by atoms with Crippen molar-refractivity contribution >= 4 is 11.3 Å². The van der Waals surface area contributed by atoms with Gasteiger partial charge in [0.1, 0.15) is 0 Å². The van der Waals surface area contributed by atoms with E-state index in [-0.39, 0.29) is 0 Å². The van der Waals surface area contributed by atoms with Crippen molar-refractivity contribution < 1.29 is 0 Å². The van der Waals surface area contributed by atoms with Crippen molar-refractivity contribution in [2.75, 3.05) is 33.7 Å². The van der Waals surface area contributed by atoms with Crippen LogP contribution < -0.4 is 0 Å². The van der Waals surface area contributed by atoms with Gasteiger partial charge in [-0.2, -0.15) is 0 Å². The predicted octanol–water partition coefficient (Wildman–Crippen LogP) is 3.26. The van der Waals surface area contributed by atoms with Gasteiger partial charge >= 0.3 is 0 Å². The molecule has 20 heavy (non-hydrogen) atoms. The number of thiazole rings is 1. The van der Waals surface area contributed by atoms with Crippen LogP contribution in [0.1, 0.15) is 43.3 Å². The summed E-state index contributed by atoms with van der Waals surface area (Å²) in [5.41, 5.74) is 1.28. The molecule has 3 nitrogen and oxygen atoms in total. The van der Waals surface area contributed by atoms with Gasteiger partial charge in [0.2, 0.25) is 0 Å². The molecule has 0 amide bonds. The van der Waals surface area contributed by atoms with Crippen LogP contribution in [0.5, 0.6) is 0 Å². The zero-order chi connectivity index (χ0) is 14.4. The zero-order valence-electron chi connectivity index (χ0n) is 13.3. The lowest BCUT2D eigenvalue weighted by atomic mass is 9.93. The van der Waals surface area contributed by atoms with Gasteiger partial charge in [-0.25, -0.2) is 4.98 Å². The minimum absolute atomic E-state index is 0.930. The molecule has 1 fully saturated rings. The standard InChI is InChI=1S/C16H29N3S/c1-4-5-16-17-15(13-20-16)12-19-10-7-14(8-11-19)6-9-18(2)3/h13-14H,4-12H2,1-3H3. The molecule has 1 aliphatic heterocycles. The first-order valence-electron chi connectivity index (χ1n) is 7.97. The molecule has 0 aromatic carbocycles. The Hall–Kier alpha value is -0.450. The lowest BCUT2D eigenvalue weighted by Gasteiger charge is -2.32. The van der Waals surface area contributed by atoms with E-state index < -0.39 is 0 Å². The maximum atomic E-state index is 4.74. The zero-order valence-corrected chi connectivity index (χ0v) is 14.1. The van der Waals surface area contributed by atoms with Crippen LogP contribution in [0.4, 0.5) is 0 Å². The summed E-state index contributed by atoms with van der Waals surface area (Å²) in [4.78, 5) is 9.63. The Bertz CT molecular complexity index is 381. The second kappa shape index (κ2) is 8.11. The Kier molecular flexibility index (Phi) is 6.46. The van der Waals surface area contributed by atoms with Crippen LogP contribution in [0.15, 0.2) is 5.38 Å². The summed E-state index contributed by atoms with van der Waals surface area (Å²) in [5, 5.41) is 3.56. The molecule has 0 N–H and O–H groups in total. The van der Waals surface area contributed by atoms with Gasteiger partial charge in [0.15, 0.2) is 0 Å². The number of hydrogen-bond acceptors (Lipinski definition) is 4. The average molecular weight is 295 g/mol. The Morgan fingerprint density at radius 1 is 1.35 bits per heavy atom. The van der Waals surface area contributed by atoms with Crippen molar-refractivity contribution in [3.63, 3.8) is 0 Å². The van der Waals surface area contributed by atoms with Crippen LogP contribution in [0.25, 0.3) is 0 Å². The number of hydrogen-bond donors (Lipinski definition) is 0. The summed E-state index contributed by atoms with van der Waals surface area (Å²) < 4.78 is 0. The number of piperidine rings is 1. The molecule has 0 atom stereocenters. The van der Waals surface area contributed by atoms with Crippen molar-refractivity contribution in [3.05, 3.63) is 16.1 Å². The van der Waals surface area contributed by atoms with Crippen LogP contribution in [-0.4, -0.2) is 48.5 Å². The fourth-order valence-electron chi connectivity index (χ4n) is 2.85. The molecule has 0 unspecified atom stereocenters. The maximum Gasteiger partial charge on any atom is 0.0928 e. The van der Waals surface area contributed by atoms with E-state index in [0.29, 0.717) is 0 Å². The van der Waals surface area contributed by atoms with Crippen molar-refractivity contribution in [3.8, 4) is 0 Å². The highest BCUT2D eigenvalue weighted by Gasteiger charge is 2.19. The SMILES string of the molecule is CCCc1nc(CN2CCC(CCN(C)C)CC2)cs1. The molecular formula is C16H29N3S. The van der Waals surface area contributed by atoms with Gasteiger partial charge in [0.25, 0.3) is 0 Å². The van der Waals surface area contributed by atoms with Crippen LogP contribution in [0, 0.1) is 5.92 Å². The quantitative estimate of drug-likeness (QED) is 0.770. The van der Waals surface area contributed by atoms with Crippen LogP contribution in [0.3, 0.4) is 0 Å². The van der Waals surface area contributed by atoms with Gasteiger partial charge in [-0.3, -0.25) is 4.90 Å². The van der Waals surface area contributed by atoms with Gasteiger partial charge in [-0.15, -0.1) is 11.3 Å². The number of rotatable bonds is 7. The number of nitrogens with zero attached hydrogens (tertiary/aromatic N) is 3. The van der Waals surface area contributed by atoms with Crippen LogP contribution in [0.2, 0.25) is 0 Å². The van der Waals surface area contributed by atoms with E-state index in [1.54, 1.807) is 0 Å². The third kappa shape index (κ3) is 5.15. The van der Waals surface area contributed by atoms with Gasteiger partial charge in [0, 0.05) is 11.9 Å². The topological polar surface area (TPSA) is 19.4 Å². The van der Waals surface area contributed by atoms with Crippen LogP contribution in [-0.2, 0) is 13.0 Å². The summed E-state index contributed by atoms with van der Waals surface area (Å²) >= 11 is 1.83. The molecule has 0 radical (unpaired) electrons. The molecule has 2 rings (SSSR count). The van der Waals surface area contributed by atoms with Crippen molar-refractivity contribution in [2.24, 2.45) is 5.92 Å². The highest BCUT2D eigenvalue weighted by Crippen LogP contribution is 2.22. The fraction of sp³-hybridized carbons (Fsp3) is 0.812. The Labute approximate surface area is 128 Å². The van der Waals surface area contributed by atoms with E-state index in [9.17, 15) is 0 Å². The molecule has 1 saturated heterocycles. The smallest absolute Gasteiger partial charge is 0.0928 e. The lowest BCUT2D eigenvalue weighted by Crippen LogP contribution is -2.34. The second-order valence-electron chi connectivity index (χ2n) is 6.29. The summed E-state index contributed by atoms with van der Waals surface area (Å²) in [6, 6.07) is 0. The average Bonchev–Trinajstić information content (AvgIpc) is 2.86. The largest absolute Gasteiger partial charge is 0.309 e. The monoisotopic (exact) mass is 295 g/mol. The van der Waals surface area contributed by atoms with Crippen molar-refractivity contribution in [2.45, 2.75) is 45.6 Å². The van der Waals surface area contributed by atoms with Crippen molar-refractivity contribution in [1.82, 2.24) is 14.8 Å². The van der Waals surface area contributed by atoms with Gasteiger partial charge in [-0.05, 0) is 71.8 Å². The van der Waals surface area contributed by atoms with Gasteiger partial charge < -0.3 is 4.90 Å². The molecular weight excluding hydrogens is 266 g/mol. The number of likely N-dealkylation sites (tertiary alicyclic amines) is 1. The Balaban J connectivity index is 1.70. The minimum atomic E-state index is 0.930. The third-order valence-corrected chi connectivity index (χ3v) is 5.10. The highest BCUT2D eigenvalue weighted by molar-refractivity contribution is 7.09. The fourth-order valence-corrected chi connectivity index (χ4v) is 3.74. The number of aromatic nitrogens is 1. The first kappa shape index (κ1) is 15.9. The molecule has 4 heteroatoms. The maximum absolute atomic E-state index is 4.74. The summed E-state index contributed by atoms with van der Waals surface area (Å²) in [7, 11) is 4.34. The van der Waals surface area contributed by atoms with E-state index in [1.807, 2.05) is 11.3 Å². The van der Waals surface area contributed by atoms with E-state index in [2.05, 4.69) is 36.2 Å². The molecule has 1 aliphatic rings. The van der Waals surface area contributed by atoms with Gasteiger partial charge in [0.05, 0.1) is 10.7 Å². The van der Waals surface area contributed by atoms with E-state index >= 15 is 0 Å². The summed E-state index contributed by atoms with van der Waals surface area (Å²) in [6.07, 6.45) is 6.42. The predicted molar refractivity (Wildman–Crippen MR) is 87.3 cm³/mol. The van der Waals surface area contributed by atoms with E-state index in [4.69, 9.17) is 4.98 Å². The number of aryl methyl sites for hydroxylation is 1. The normalized spacial score (nSPS) is 18.0. The molecule has 0 spiro atoms. The summed E-state index contributed by atoms with van der Waals surface area (Å²) in [6.45, 7) is 7.01. The molecule has 0 bridgehead atoms. The molecule has 0 saturated carbocycles. The first-order valence-corrected chi connectivity index (χ1v) is 8.85. The van der Waals surface area contributed by atoms with E-state index in [1.165, 1.54) is 56.0 Å². The Morgan fingerprint density at radius 2 is 2.10 bits per heavy atom. The molecule has 2 heterocycles. The highest BCUT2D eigenvalue weighted by atomic mass is 32.1. The lowest BCUT2D eigenvalue weighted by molar-refractivity contribution is 0.164. The first-order chi connectivity index (χ1) is 9.67. The third-order valence-electron chi connectivity index (χ3n) is 4.14. The molecule has 1 aromatic rings. The Morgan fingerprint density at radius 3 is 2.75 bits per heavy atom. The van der Waals surface area contributed by atoms with Crippen LogP contribution >= 0.6 is 11.3 Å². The van der Waals surface area contributed by atoms with Gasteiger partial charge in [-0.1, -0.05) is 6.92 Å². The minimum Gasteiger partial charge on any atom is -0.309 e. The van der Waals surface area contributed by atoms with Crippen molar-refractivity contribution in [1.29, 1.82) is 0 Å². The van der Waals surface area contributed by atoms with E-state index in [0.717, 1.165) is 18.9 Å². The molecule has 1 aromatic heterocycles. The second-order valence-corrected chi connectivity index (χ2v) is 7.24. The molecule has 0 aliphatic carbocycles. The summed E-state index contributed by atoms with van der Waals surface area (Å²) in [5.74, 6) is 0.930.